The highest BCUT2D eigenvalue weighted by Crippen LogP contribution is 2.56. The third-order valence-electron chi connectivity index (χ3n) is 5.26. The molecule has 3 atom stereocenters. The van der Waals surface area contributed by atoms with Crippen molar-refractivity contribution in [3.8, 4) is 11.5 Å². The number of hydrogen-bond acceptors (Lipinski definition) is 4. The number of amides is 1. The Balaban J connectivity index is 1.28. The van der Waals surface area contributed by atoms with Gasteiger partial charge in [0, 0.05) is 23.1 Å². The van der Waals surface area contributed by atoms with Crippen LogP contribution >= 0.6 is 0 Å². The van der Waals surface area contributed by atoms with Crippen molar-refractivity contribution in [1.29, 1.82) is 0 Å². The van der Waals surface area contributed by atoms with Crippen molar-refractivity contribution in [2.45, 2.75) is 25.3 Å². The lowest BCUT2D eigenvalue weighted by atomic mass is 10.0. The summed E-state index contributed by atoms with van der Waals surface area (Å²) in [6.07, 6.45) is 1.07. The van der Waals surface area contributed by atoms with Crippen LogP contribution in [-0.2, 0) is 6.42 Å². The van der Waals surface area contributed by atoms with Crippen LogP contribution in [0.4, 0.5) is 0 Å². The minimum Gasteiger partial charge on any atom is -0.348 e. The number of aromatic nitrogens is 2. The van der Waals surface area contributed by atoms with Gasteiger partial charge in [-0.15, -0.1) is 0 Å². The molecule has 2 aliphatic rings. The highest BCUT2D eigenvalue weighted by Gasteiger charge is 2.56. The molecule has 3 aromatic rings. The molecule has 124 valence electrons. The molecule has 0 spiro atoms. The van der Waals surface area contributed by atoms with Gasteiger partial charge in [0.05, 0.1) is 0 Å². The summed E-state index contributed by atoms with van der Waals surface area (Å²) in [6.45, 7) is 1.78. The lowest BCUT2D eigenvalue weighted by Crippen LogP contribution is -2.28. The van der Waals surface area contributed by atoms with Gasteiger partial charge in [-0.1, -0.05) is 29.4 Å². The number of carbonyl (C=O) groups is 1. The van der Waals surface area contributed by atoms with E-state index < -0.39 is 0 Å². The second kappa shape index (κ2) is 5.28. The van der Waals surface area contributed by atoms with Crippen molar-refractivity contribution in [2.24, 2.45) is 5.92 Å². The van der Waals surface area contributed by atoms with Gasteiger partial charge in [0.15, 0.2) is 5.82 Å². The molecular formula is C20H17N3O2. The van der Waals surface area contributed by atoms with E-state index in [0.29, 0.717) is 29.1 Å². The fourth-order valence-corrected chi connectivity index (χ4v) is 3.96. The first kappa shape index (κ1) is 14.4. The van der Waals surface area contributed by atoms with Crippen LogP contribution in [0.15, 0.2) is 53.1 Å². The van der Waals surface area contributed by atoms with E-state index in [9.17, 15) is 4.79 Å². The maximum atomic E-state index is 12.5. The van der Waals surface area contributed by atoms with Gasteiger partial charge < -0.3 is 9.84 Å². The predicted molar refractivity (Wildman–Crippen MR) is 92.1 cm³/mol. The van der Waals surface area contributed by atoms with Gasteiger partial charge in [-0.3, -0.25) is 4.79 Å². The van der Waals surface area contributed by atoms with Crippen LogP contribution < -0.4 is 5.32 Å². The Morgan fingerprint density at radius 3 is 2.72 bits per heavy atom. The molecule has 0 unspecified atom stereocenters. The standard InChI is InChI=1S/C20H17N3O2/c1-11-21-20(25-23-11)13-8-6-12(7-9-13)19(24)22-18-16-10-14-4-2-3-5-15(14)17(16)18/h2-9,16-18H,10H2,1H3,(H,22,24)/t16-,17+,18+/m0/s1. The Hall–Kier alpha value is -2.95. The van der Waals surface area contributed by atoms with Gasteiger partial charge in [-0.25, -0.2) is 0 Å². The van der Waals surface area contributed by atoms with Gasteiger partial charge in [0.2, 0.25) is 0 Å². The number of nitrogens with zero attached hydrogens (tertiary/aromatic N) is 2. The third-order valence-corrected chi connectivity index (χ3v) is 5.26. The zero-order valence-corrected chi connectivity index (χ0v) is 13.8. The minimum absolute atomic E-state index is 0.0230. The van der Waals surface area contributed by atoms with E-state index in [4.69, 9.17) is 4.52 Å². The molecule has 1 saturated carbocycles. The van der Waals surface area contributed by atoms with Crippen molar-refractivity contribution in [2.75, 3.05) is 0 Å². The first-order valence-electron chi connectivity index (χ1n) is 8.50. The number of rotatable bonds is 3. The summed E-state index contributed by atoms with van der Waals surface area (Å²) < 4.78 is 5.15. The number of hydrogen-bond donors (Lipinski definition) is 1. The van der Waals surface area contributed by atoms with Crippen LogP contribution in [0.3, 0.4) is 0 Å². The molecule has 1 aromatic heterocycles. The van der Waals surface area contributed by atoms with Gasteiger partial charge in [-0.2, -0.15) is 4.98 Å². The average molecular weight is 331 g/mol. The summed E-state index contributed by atoms with van der Waals surface area (Å²) in [6, 6.07) is 16.1. The molecule has 0 bridgehead atoms. The Morgan fingerprint density at radius 2 is 1.96 bits per heavy atom. The first-order valence-corrected chi connectivity index (χ1v) is 8.50. The Morgan fingerprint density at radius 1 is 1.16 bits per heavy atom. The van der Waals surface area contributed by atoms with Gasteiger partial charge in [0.25, 0.3) is 11.8 Å². The fraction of sp³-hybridized carbons (Fsp3) is 0.250. The lowest BCUT2D eigenvalue weighted by Gasteiger charge is -2.09. The summed E-state index contributed by atoms with van der Waals surface area (Å²) >= 11 is 0. The van der Waals surface area contributed by atoms with Crippen molar-refractivity contribution in [3.63, 3.8) is 0 Å². The van der Waals surface area contributed by atoms with Gasteiger partial charge in [0.1, 0.15) is 0 Å². The molecule has 5 rings (SSSR count). The predicted octanol–water partition coefficient (Wildman–Crippen LogP) is 3.11. The number of aryl methyl sites for hydroxylation is 1. The Bertz CT molecular complexity index is 961. The van der Waals surface area contributed by atoms with Crippen LogP contribution in [0.25, 0.3) is 11.5 Å². The lowest BCUT2D eigenvalue weighted by molar-refractivity contribution is 0.0948. The molecule has 1 fully saturated rings. The average Bonchev–Trinajstić information content (AvgIpc) is 2.98. The van der Waals surface area contributed by atoms with Gasteiger partial charge in [-0.05, 0) is 54.7 Å². The van der Waals surface area contributed by atoms with E-state index in [1.54, 1.807) is 19.1 Å². The Kier molecular flexibility index (Phi) is 3.04. The highest BCUT2D eigenvalue weighted by atomic mass is 16.5. The molecule has 0 radical (unpaired) electrons. The van der Waals surface area contributed by atoms with Gasteiger partial charge >= 0.3 is 0 Å². The van der Waals surface area contributed by atoms with E-state index in [-0.39, 0.29) is 11.9 Å². The van der Waals surface area contributed by atoms with E-state index >= 15 is 0 Å². The third kappa shape index (κ3) is 2.35. The van der Waals surface area contributed by atoms with Crippen molar-refractivity contribution >= 4 is 5.91 Å². The van der Waals surface area contributed by atoms with E-state index in [1.165, 1.54) is 11.1 Å². The van der Waals surface area contributed by atoms with Crippen molar-refractivity contribution < 1.29 is 9.32 Å². The molecule has 25 heavy (non-hydrogen) atoms. The molecule has 0 aliphatic heterocycles. The topological polar surface area (TPSA) is 68.0 Å². The van der Waals surface area contributed by atoms with Crippen LogP contribution in [0.5, 0.6) is 0 Å². The van der Waals surface area contributed by atoms with Crippen molar-refractivity contribution in [1.82, 2.24) is 15.5 Å². The molecule has 2 aliphatic carbocycles. The maximum Gasteiger partial charge on any atom is 0.257 e. The van der Waals surface area contributed by atoms with Crippen molar-refractivity contribution in [3.05, 3.63) is 71.0 Å². The largest absolute Gasteiger partial charge is 0.348 e. The number of carbonyl (C=O) groups excluding carboxylic acids is 1. The fourth-order valence-electron chi connectivity index (χ4n) is 3.96. The van der Waals surface area contributed by atoms with E-state index in [1.807, 2.05) is 12.1 Å². The molecule has 1 N–H and O–H groups in total. The van der Waals surface area contributed by atoms with Crippen LogP contribution in [-0.4, -0.2) is 22.1 Å². The highest BCUT2D eigenvalue weighted by molar-refractivity contribution is 5.95. The maximum absolute atomic E-state index is 12.5. The second-order valence-corrected chi connectivity index (χ2v) is 6.82. The molecule has 5 nitrogen and oxygen atoms in total. The molecule has 2 aromatic carbocycles. The normalized spacial score (nSPS) is 23.0. The monoisotopic (exact) mass is 331 g/mol. The summed E-state index contributed by atoms with van der Waals surface area (Å²) in [5.74, 6) is 2.09. The smallest absolute Gasteiger partial charge is 0.257 e. The zero-order valence-electron chi connectivity index (χ0n) is 13.8. The second-order valence-electron chi connectivity index (χ2n) is 6.82. The molecular weight excluding hydrogens is 314 g/mol. The number of nitrogens with one attached hydrogen (secondary N) is 1. The SMILES string of the molecule is Cc1noc(-c2ccc(C(=O)N[C@@H]3[C@H]4Cc5ccccc5[C@H]43)cc2)n1. The summed E-state index contributed by atoms with van der Waals surface area (Å²) in [7, 11) is 0. The molecule has 5 heteroatoms. The van der Waals surface area contributed by atoms with E-state index in [2.05, 4.69) is 39.7 Å². The molecule has 0 saturated heterocycles. The summed E-state index contributed by atoms with van der Waals surface area (Å²) in [4.78, 5) is 16.7. The number of benzene rings is 2. The Labute approximate surface area is 145 Å². The van der Waals surface area contributed by atoms with Crippen LogP contribution in [0.1, 0.15) is 33.2 Å². The number of fused-ring (bicyclic) bond motifs is 3. The first-order chi connectivity index (χ1) is 12.2. The zero-order chi connectivity index (χ0) is 17.0. The quantitative estimate of drug-likeness (QED) is 0.801. The van der Waals surface area contributed by atoms with Crippen LogP contribution in [0, 0.1) is 12.8 Å². The summed E-state index contributed by atoms with van der Waals surface area (Å²) in [5.41, 5.74) is 4.30. The summed E-state index contributed by atoms with van der Waals surface area (Å²) in [5, 5.41) is 6.97. The van der Waals surface area contributed by atoms with E-state index in [0.717, 1.165) is 12.0 Å². The molecule has 1 heterocycles. The minimum atomic E-state index is -0.0230. The van der Waals surface area contributed by atoms with Crippen LogP contribution in [0.2, 0.25) is 0 Å². The molecule has 1 amide bonds.